The Balaban J connectivity index is 1.03. The van der Waals surface area contributed by atoms with Gasteiger partial charge in [-0.3, -0.25) is 0 Å². The van der Waals surface area contributed by atoms with Gasteiger partial charge in [-0.05, 0) is 131 Å². The minimum atomic E-state index is -0.137. The largest absolute Gasteiger partial charge is 0.310 e. The molecule has 0 aliphatic heterocycles. The maximum Gasteiger partial charge on any atom is 0.0465 e. The number of fused-ring (bicyclic) bond motifs is 5. The molecule has 1 heteroatoms. The summed E-state index contributed by atoms with van der Waals surface area (Å²) in [5.74, 6) is 0. The van der Waals surface area contributed by atoms with Crippen molar-refractivity contribution in [3.8, 4) is 55.6 Å². The normalized spacial score (nSPS) is 14.0. The molecule has 0 amide bonds. The summed E-state index contributed by atoms with van der Waals surface area (Å²) in [6.45, 7) is 9.48. The van der Waals surface area contributed by atoms with E-state index in [0.29, 0.717) is 0 Å². The van der Waals surface area contributed by atoms with E-state index in [4.69, 9.17) is 0 Å². The minimum absolute atomic E-state index is 0.0964. The zero-order chi connectivity index (χ0) is 39.9. The van der Waals surface area contributed by atoms with Gasteiger partial charge in [-0.25, -0.2) is 0 Å². The van der Waals surface area contributed by atoms with Crippen molar-refractivity contribution in [3.05, 3.63) is 222 Å². The first-order chi connectivity index (χ1) is 28.8. The third-order valence-electron chi connectivity index (χ3n) is 13.3. The maximum atomic E-state index is 2.45. The first-order valence-corrected chi connectivity index (χ1v) is 20.8. The van der Waals surface area contributed by atoms with Crippen molar-refractivity contribution in [1.29, 1.82) is 0 Å². The zero-order valence-corrected chi connectivity index (χ0v) is 34.0. The van der Waals surface area contributed by atoms with Crippen LogP contribution in [0, 0.1) is 0 Å². The highest BCUT2D eigenvalue weighted by molar-refractivity contribution is 6.09. The van der Waals surface area contributed by atoms with Crippen LogP contribution in [-0.4, -0.2) is 0 Å². The van der Waals surface area contributed by atoms with Crippen LogP contribution in [0.15, 0.2) is 200 Å². The van der Waals surface area contributed by atoms with Crippen molar-refractivity contribution in [2.45, 2.75) is 38.5 Å². The SMILES string of the molecule is CC1(C)c2ccccc2-c2ccc(N(c3ccc(-c4ccccc4)cc3)c3ccc(-c4ccc5c(c4)-c4c(-c6ccccc6)ccc6cccc(c46)C5(C)C)cc3)cc21. The highest BCUT2D eigenvalue weighted by Gasteiger charge is 2.37. The van der Waals surface area contributed by atoms with Crippen LogP contribution in [0.5, 0.6) is 0 Å². The monoisotopic (exact) mass is 755 g/mol. The third kappa shape index (κ3) is 5.53. The molecular weight excluding hydrogens is 711 g/mol. The lowest BCUT2D eigenvalue weighted by molar-refractivity contribution is 0.645. The molecule has 0 saturated heterocycles. The Morgan fingerprint density at radius 2 is 0.814 bits per heavy atom. The van der Waals surface area contributed by atoms with Gasteiger partial charge in [-0.15, -0.1) is 0 Å². The molecule has 0 spiro atoms. The van der Waals surface area contributed by atoms with Crippen molar-refractivity contribution in [2.75, 3.05) is 4.90 Å². The van der Waals surface area contributed by atoms with Crippen LogP contribution in [0.3, 0.4) is 0 Å². The van der Waals surface area contributed by atoms with E-state index < -0.39 is 0 Å². The Labute approximate surface area is 347 Å². The molecule has 9 aromatic carbocycles. The zero-order valence-electron chi connectivity index (χ0n) is 34.0. The van der Waals surface area contributed by atoms with E-state index in [1.54, 1.807) is 0 Å². The van der Waals surface area contributed by atoms with Crippen molar-refractivity contribution >= 4 is 27.8 Å². The van der Waals surface area contributed by atoms with Gasteiger partial charge in [0.25, 0.3) is 0 Å². The molecule has 0 fully saturated rings. The highest BCUT2D eigenvalue weighted by atomic mass is 15.1. The second-order valence-corrected chi connectivity index (χ2v) is 17.3. The second-order valence-electron chi connectivity index (χ2n) is 17.3. The van der Waals surface area contributed by atoms with Crippen molar-refractivity contribution < 1.29 is 0 Å². The van der Waals surface area contributed by atoms with Crippen LogP contribution in [0.4, 0.5) is 17.1 Å². The van der Waals surface area contributed by atoms with E-state index in [2.05, 4.69) is 233 Å². The molecule has 2 aliphatic rings. The number of hydrogen-bond acceptors (Lipinski definition) is 1. The summed E-state index contributed by atoms with van der Waals surface area (Å²) in [6.07, 6.45) is 0. The quantitative estimate of drug-likeness (QED) is 0.163. The Bertz CT molecular complexity index is 3060. The molecule has 0 heterocycles. The van der Waals surface area contributed by atoms with Crippen LogP contribution >= 0.6 is 0 Å². The molecule has 282 valence electrons. The molecular formula is C58H45N. The molecule has 0 bridgehead atoms. The maximum absolute atomic E-state index is 2.45. The summed E-state index contributed by atoms with van der Waals surface area (Å²) < 4.78 is 0. The molecule has 2 aliphatic carbocycles. The predicted molar refractivity (Wildman–Crippen MR) is 250 cm³/mol. The van der Waals surface area contributed by atoms with Gasteiger partial charge < -0.3 is 4.90 Å². The van der Waals surface area contributed by atoms with E-state index in [1.807, 2.05) is 0 Å². The average Bonchev–Trinajstić information content (AvgIpc) is 3.51. The smallest absolute Gasteiger partial charge is 0.0465 e. The lowest BCUT2D eigenvalue weighted by Crippen LogP contribution is -2.24. The summed E-state index contributed by atoms with van der Waals surface area (Å²) in [4.78, 5) is 2.41. The number of rotatable bonds is 6. The highest BCUT2D eigenvalue weighted by Crippen LogP contribution is 2.53. The molecule has 9 aromatic rings. The molecule has 0 atom stereocenters. The Morgan fingerprint density at radius 3 is 1.53 bits per heavy atom. The van der Waals surface area contributed by atoms with Crippen LogP contribution in [0.2, 0.25) is 0 Å². The first-order valence-electron chi connectivity index (χ1n) is 20.8. The fraction of sp³-hybridized carbons (Fsp3) is 0.103. The van der Waals surface area contributed by atoms with Gasteiger partial charge >= 0.3 is 0 Å². The van der Waals surface area contributed by atoms with Gasteiger partial charge in [0.2, 0.25) is 0 Å². The van der Waals surface area contributed by atoms with Gasteiger partial charge in [0.05, 0.1) is 0 Å². The molecule has 59 heavy (non-hydrogen) atoms. The van der Waals surface area contributed by atoms with Crippen LogP contribution in [0.1, 0.15) is 49.9 Å². The third-order valence-corrected chi connectivity index (χ3v) is 13.3. The Kier molecular flexibility index (Phi) is 7.94. The molecule has 0 unspecified atom stereocenters. The van der Waals surface area contributed by atoms with Crippen molar-refractivity contribution in [3.63, 3.8) is 0 Å². The van der Waals surface area contributed by atoms with E-state index in [1.165, 1.54) is 88.7 Å². The average molecular weight is 756 g/mol. The lowest BCUT2D eigenvalue weighted by atomic mass is 9.67. The predicted octanol–water partition coefficient (Wildman–Crippen LogP) is 15.9. The second kappa shape index (κ2) is 13.3. The van der Waals surface area contributed by atoms with Gasteiger partial charge in [0.1, 0.15) is 0 Å². The van der Waals surface area contributed by atoms with Crippen LogP contribution in [0.25, 0.3) is 66.4 Å². The van der Waals surface area contributed by atoms with Crippen molar-refractivity contribution in [2.24, 2.45) is 0 Å². The van der Waals surface area contributed by atoms with Gasteiger partial charge in [-0.1, -0.05) is 185 Å². The van der Waals surface area contributed by atoms with E-state index in [-0.39, 0.29) is 10.8 Å². The molecule has 0 aromatic heterocycles. The standard InChI is InChI=1S/C58H45N/c1-57(2)52-35-27-43(36-50(52)56-47(41-16-9-6-10-17-41)33-26-42-18-13-21-53(57)55(42)56)40-24-30-45(31-25-40)59(44-28-22-39(23-29-44)38-14-7-5-8-15-38)46-32-34-49-48-19-11-12-20-51(48)58(3,4)54(49)37-46/h5-37H,1-4H3. The van der Waals surface area contributed by atoms with Gasteiger partial charge in [-0.2, -0.15) is 0 Å². The Morgan fingerprint density at radius 1 is 0.305 bits per heavy atom. The molecule has 0 saturated carbocycles. The number of hydrogen-bond donors (Lipinski definition) is 0. The summed E-state index contributed by atoms with van der Waals surface area (Å²) in [7, 11) is 0. The summed E-state index contributed by atoms with van der Waals surface area (Å²) in [5.41, 5.74) is 21.4. The fourth-order valence-electron chi connectivity index (χ4n) is 10.2. The minimum Gasteiger partial charge on any atom is -0.310 e. The van der Waals surface area contributed by atoms with Crippen LogP contribution in [-0.2, 0) is 10.8 Å². The van der Waals surface area contributed by atoms with Crippen molar-refractivity contribution in [1.82, 2.24) is 0 Å². The lowest BCUT2D eigenvalue weighted by Gasteiger charge is -2.36. The number of nitrogens with zero attached hydrogens (tertiary/aromatic N) is 1. The molecule has 11 rings (SSSR count). The number of anilines is 3. The molecule has 1 nitrogen and oxygen atoms in total. The van der Waals surface area contributed by atoms with E-state index >= 15 is 0 Å². The summed E-state index contributed by atoms with van der Waals surface area (Å²) >= 11 is 0. The topological polar surface area (TPSA) is 3.24 Å². The van der Waals surface area contributed by atoms with Gasteiger partial charge in [0.15, 0.2) is 0 Å². The molecule has 0 N–H and O–H groups in total. The summed E-state index contributed by atoms with van der Waals surface area (Å²) in [6, 6.07) is 74.2. The van der Waals surface area contributed by atoms with Gasteiger partial charge in [0, 0.05) is 27.9 Å². The molecule has 0 radical (unpaired) electrons. The van der Waals surface area contributed by atoms with Crippen LogP contribution < -0.4 is 4.90 Å². The Hall–Kier alpha value is -6.96. The van der Waals surface area contributed by atoms with E-state index in [9.17, 15) is 0 Å². The fourth-order valence-corrected chi connectivity index (χ4v) is 10.2. The summed E-state index contributed by atoms with van der Waals surface area (Å²) in [5, 5.41) is 2.66. The van der Waals surface area contributed by atoms with E-state index in [0.717, 1.165) is 17.1 Å². The first kappa shape index (κ1) is 35.2. The number of benzene rings is 9.